The zero-order chi connectivity index (χ0) is 12.1. The predicted molar refractivity (Wildman–Crippen MR) is 62.3 cm³/mol. The van der Waals surface area contributed by atoms with Gasteiger partial charge in [0.15, 0.2) is 5.78 Å². The first-order valence-corrected chi connectivity index (χ1v) is 5.16. The summed E-state index contributed by atoms with van der Waals surface area (Å²) in [7, 11) is 2.98. The molecular weight excluding hydrogens is 206 g/mol. The van der Waals surface area contributed by atoms with E-state index in [1.807, 2.05) is 26.0 Å². The van der Waals surface area contributed by atoms with Crippen LogP contribution in [0.5, 0.6) is 0 Å². The second-order valence-corrected chi connectivity index (χ2v) is 3.37. The quantitative estimate of drug-likeness (QED) is 0.568. The molecule has 0 saturated carbocycles. The summed E-state index contributed by atoms with van der Waals surface area (Å²) in [5.74, 6) is 0.0761. The maximum Gasteiger partial charge on any atom is 0.165 e. The van der Waals surface area contributed by atoms with E-state index in [0.717, 1.165) is 5.56 Å². The summed E-state index contributed by atoms with van der Waals surface area (Å²) in [6, 6.07) is 5.56. The number of carbonyl (C=O) groups is 1. The molecule has 1 aromatic carbocycles. The molecule has 0 heterocycles. The lowest BCUT2D eigenvalue weighted by molar-refractivity contribution is -0.0435. The average molecular weight is 223 g/mol. The minimum absolute atomic E-state index is 0.0761. The second kappa shape index (κ2) is 5.63. The topological polar surface area (TPSA) is 38.8 Å². The minimum Gasteiger partial charge on any atom is -0.294 e. The van der Waals surface area contributed by atoms with Gasteiger partial charge in [-0.15, -0.1) is 5.23 Å². The number of hydrogen-bond acceptors (Lipinski definition) is 4. The van der Waals surface area contributed by atoms with Gasteiger partial charge >= 0.3 is 0 Å². The lowest BCUT2D eigenvalue weighted by Gasteiger charge is -2.21. The molecule has 0 saturated heterocycles. The first-order valence-electron chi connectivity index (χ1n) is 5.16. The van der Waals surface area contributed by atoms with Crippen LogP contribution in [0.3, 0.4) is 0 Å². The van der Waals surface area contributed by atoms with Crippen molar-refractivity contribution in [2.24, 2.45) is 0 Å². The standard InChI is InChI=1S/C12H17NO3/c1-5-11(14)12-9(2)7-6-8-10(12)13(15-3)16-4/h6-8H,5H2,1-4H3. The van der Waals surface area contributed by atoms with Crippen molar-refractivity contribution in [1.29, 1.82) is 0 Å². The Morgan fingerprint density at radius 2 is 1.94 bits per heavy atom. The van der Waals surface area contributed by atoms with Crippen molar-refractivity contribution < 1.29 is 14.5 Å². The Balaban J connectivity index is 3.27. The van der Waals surface area contributed by atoms with Gasteiger partial charge in [0.2, 0.25) is 0 Å². The van der Waals surface area contributed by atoms with Gasteiger partial charge in [0.05, 0.1) is 14.2 Å². The lowest BCUT2D eigenvalue weighted by Crippen LogP contribution is -2.22. The third kappa shape index (κ3) is 2.40. The number of benzene rings is 1. The van der Waals surface area contributed by atoms with Gasteiger partial charge < -0.3 is 0 Å². The summed E-state index contributed by atoms with van der Waals surface area (Å²) in [6.07, 6.45) is 0.457. The van der Waals surface area contributed by atoms with Crippen LogP contribution in [0.1, 0.15) is 29.3 Å². The number of Topliss-reactive ketones (excluding diaryl/α,β-unsaturated/α-hetero) is 1. The second-order valence-electron chi connectivity index (χ2n) is 3.37. The van der Waals surface area contributed by atoms with E-state index >= 15 is 0 Å². The molecule has 0 atom stereocenters. The summed E-state index contributed by atoms with van der Waals surface area (Å²) in [6.45, 7) is 3.73. The molecule has 1 aromatic rings. The molecular formula is C12H17NO3. The monoisotopic (exact) mass is 223 g/mol. The van der Waals surface area contributed by atoms with Gasteiger partial charge in [-0.05, 0) is 18.6 Å². The molecule has 0 fully saturated rings. The molecule has 4 nitrogen and oxygen atoms in total. The van der Waals surface area contributed by atoms with E-state index in [9.17, 15) is 4.79 Å². The zero-order valence-electron chi connectivity index (χ0n) is 10.1. The molecule has 4 heteroatoms. The fourth-order valence-corrected chi connectivity index (χ4v) is 1.62. The largest absolute Gasteiger partial charge is 0.294 e. The van der Waals surface area contributed by atoms with Crippen molar-refractivity contribution in [3.63, 3.8) is 0 Å². The fraction of sp³-hybridized carbons (Fsp3) is 0.417. The van der Waals surface area contributed by atoms with Crippen molar-refractivity contribution in [3.05, 3.63) is 29.3 Å². The maximum atomic E-state index is 11.9. The number of aryl methyl sites for hydroxylation is 1. The highest BCUT2D eigenvalue weighted by Gasteiger charge is 2.17. The molecule has 0 aromatic heterocycles. The molecule has 0 unspecified atom stereocenters. The molecule has 0 radical (unpaired) electrons. The van der Waals surface area contributed by atoms with E-state index in [1.165, 1.54) is 19.4 Å². The van der Waals surface area contributed by atoms with E-state index in [1.54, 1.807) is 6.07 Å². The van der Waals surface area contributed by atoms with Crippen LogP contribution in [0.25, 0.3) is 0 Å². The highest BCUT2D eigenvalue weighted by Crippen LogP contribution is 2.25. The molecule has 88 valence electrons. The van der Waals surface area contributed by atoms with Crippen molar-refractivity contribution in [2.45, 2.75) is 20.3 Å². The van der Waals surface area contributed by atoms with E-state index in [2.05, 4.69) is 0 Å². The highest BCUT2D eigenvalue weighted by molar-refractivity contribution is 6.02. The van der Waals surface area contributed by atoms with E-state index in [-0.39, 0.29) is 5.78 Å². The van der Waals surface area contributed by atoms with Crippen LogP contribution in [0.4, 0.5) is 5.69 Å². The first-order chi connectivity index (χ1) is 7.65. The number of hydrogen-bond donors (Lipinski definition) is 0. The Hall–Kier alpha value is -1.39. The Morgan fingerprint density at radius 3 is 2.44 bits per heavy atom. The molecule has 0 amide bonds. The van der Waals surface area contributed by atoms with Gasteiger partial charge in [0.1, 0.15) is 5.69 Å². The maximum absolute atomic E-state index is 11.9. The number of ketones is 1. The molecule has 0 aliphatic carbocycles. The Bertz CT molecular complexity index is 373. The molecule has 16 heavy (non-hydrogen) atoms. The van der Waals surface area contributed by atoms with Crippen molar-refractivity contribution >= 4 is 11.5 Å². The van der Waals surface area contributed by atoms with Crippen molar-refractivity contribution in [1.82, 2.24) is 0 Å². The van der Waals surface area contributed by atoms with Gasteiger partial charge in [-0.3, -0.25) is 14.5 Å². The van der Waals surface area contributed by atoms with Crippen molar-refractivity contribution in [2.75, 3.05) is 19.4 Å². The van der Waals surface area contributed by atoms with Crippen LogP contribution in [0.15, 0.2) is 18.2 Å². The minimum atomic E-state index is 0.0761. The Labute approximate surface area is 95.7 Å². The number of rotatable bonds is 5. The van der Waals surface area contributed by atoms with Crippen LogP contribution in [0, 0.1) is 6.92 Å². The predicted octanol–water partition coefficient (Wildman–Crippen LogP) is 2.52. The molecule has 0 spiro atoms. The van der Waals surface area contributed by atoms with Crippen molar-refractivity contribution in [3.8, 4) is 0 Å². The summed E-state index contributed by atoms with van der Waals surface area (Å²) in [5, 5.41) is 1.23. The van der Waals surface area contributed by atoms with Crippen LogP contribution in [0.2, 0.25) is 0 Å². The zero-order valence-corrected chi connectivity index (χ0v) is 10.1. The molecule has 0 bridgehead atoms. The number of nitrogens with zero attached hydrogens (tertiary/aromatic N) is 1. The number of carbonyl (C=O) groups excluding carboxylic acids is 1. The van der Waals surface area contributed by atoms with Gasteiger partial charge in [-0.1, -0.05) is 19.1 Å². The SMILES string of the molecule is CCC(=O)c1c(C)cccc1N(OC)OC. The number of anilines is 1. The summed E-state index contributed by atoms with van der Waals surface area (Å²) >= 11 is 0. The van der Waals surface area contributed by atoms with Gasteiger partial charge in [-0.2, -0.15) is 0 Å². The van der Waals surface area contributed by atoms with Crippen LogP contribution in [-0.2, 0) is 9.68 Å². The normalized spacial score (nSPS) is 10.2. The third-order valence-corrected chi connectivity index (χ3v) is 2.38. The molecule has 0 aliphatic heterocycles. The van der Waals surface area contributed by atoms with E-state index < -0.39 is 0 Å². The van der Waals surface area contributed by atoms with Gasteiger partial charge in [0, 0.05) is 12.0 Å². The van der Waals surface area contributed by atoms with Gasteiger partial charge in [-0.25, -0.2) is 0 Å². The third-order valence-electron chi connectivity index (χ3n) is 2.38. The van der Waals surface area contributed by atoms with Crippen LogP contribution in [-0.4, -0.2) is 20.0 Å². The lowest BCUT2D eigenvalue weighted by atomic mass is 10.0. The molecule has 0 N–H and O–H groups in total. The van der Waals surface area contributed by atoms with E-state index in [4.69, 9.17) is 9.68 Å². The average Bonchev–Trinajstić information content (AvgIpc) is 2.30. The summed E-state index contributed by atoms with van der Waals surface area (Å²) in [5.41, 5.74) is 2.20. The highest BCUT2D eigenvalue weighted by atomic mass is 16.9. The Kier molecular flexibility index (Phi) is 4.46. The van der Waals surface area contributed by atoms with Crippen LogP contribution < -0.4 is 5.23 Å². The first kappa shape index (κ1) is 12.7. The van der Waals surface area contributed by atoms with E-state index in [0.29, 0.717) is 17.7 Å². The Morgan fingerprint density at radius 1 is 1.31 bits per heavy atom. The molecule has 1 rings (SSSR count). The molecule has 0 aliphatic rings. The summed E-state index contributed by atoms with van der Waals surface area (Å²) in [4.78, 5) is 21.9. The van der Waals surface area contributed by atoms with Crippen LogP contribution >= 0.6 is 0 Å². The fourth-order valence-electron chi connectivity index (χ4n) is 1.62. The summed E-state index contributed by atoms with van der Waals surface area (Å²) < 4.78 is 0. The van der Waals surface area contributed by atoms with Gasteiger partial charge in [0.25, 0.3) is 0 Å². The smallest absolute Gasteiger partial charge is 0.165 e.